The first-order chi connectivity index (χ1) is 15.7. The Hall–Kier alpha value is -1.90. The van der Waals surface area contributed by atoms with Crippen molar-refractivity contribution in [3.63, 3.8) is 0 Å². The van der Waals surface area contributed by atoms with Crippen molar-refractivity contribution in [3.8, 4) is 0 Å². The van der Waals surface area contributed by atoms with E-state index in [1.165, 1.54) is 87.8 Å². The molecule has 1 aromatic rings. The molecule has 0 atom stereocenters. The van der Waals surface area contributed by atoms with E-state index in [1.807, 2.05) is 6.08 Å². The van der Waals surface area contributed by atoms with Crippen molar-refractivity contribution in [1.29, 1.82) is 0 Å². The molecule has 2 nitrogen and oxygen atoms in total. The Balaban J connectivity index is 1.60. The van der Waals surface area contributed by atoms with E-state index in [0.717, 1.165) is 25.4 Å². The first-order valence-electron chi connectivity index (χ1n) is 12.9. The SMILES string of the molecule is C=C/C=C(\C=C1/CCCCCN(Cc2ccccc2)C1)C(=C)CCC1CCN(CC)CC1. The van der Waals surface area contributed by atoms with Gasteiger partial charge in [0.15, 0.2) is 0 Å². The predicted molar refractivity (Wildman–Crippen MR) is 140 cm³/mol. The Labute approximate surface area is 197 Å². The topological polar surface area (TPSA) is 6.48 Å². The van der Waals surface area contributed by atoms with Crippen LogP contribution in [0.2, 0.25) is 0 Å². The van der Waals surface area contributed by atoms with Gasteiger partial charge in [-0.2, -0.15) is 0 Å². The molecule has 0 spiro atoms. The molecule has 2 aliphatic rings. The number of hydrogen-bond acceptors (Lipinski definition) is 2. The number of hydrogen-bond donors (Lipinski definition) is 0. The molecular weight excluding hydrogens is 388 g/mol. The lowest BCUT2D eigenvalue weighted by Gasteiger charge is -2.31. The highest BCUT2D eigenvalue weighted by molar-refractivity contribution is 5.42. The second-order valence-corrected chi connectivity index (χ2v) is 9.69. The summed E-state index contributed by atoms with van der Waals surface area (Å²) in [5.41, 5.74) is 5.53. The molecule has 2 saturated heterocycles. The summed E-state index contributed by atoms with van der Waals surface area (Å²) in [7, 11) is 0. The molecular formula is C30H44N2. The normalized spacial score (nSPS) is 21.3. The first kappa shape index (κ1) is 24.7. The second kappa shape index (κ2) is 13.6. The Morgan fingerprint density at radius 3 is 2.53 bits per heavy atom. The van der Waals surface area contributed by atoms with Crippen LogP contribution in [-0.2, 0) is 6.54 Å². The zero-order valence-electron chi connectivity index (χ0n) is 20.4. The Bertz CT molecular complexity index is 765. The van der Waals surface area contributed by atoms with Crippen LogP contribution in [0.25, 0.3) is 0 Å². The number of nitrogens with zero attached hydrogens (tertiary/aromatic N) is 2. The third kappa shape index (κ3) is 8.22. The molecule has 0 bridgehead atoms. The number of rotatable bonds is 9. The highest BCUT2D eigenvalue weighted by Gasteiger charge is 2.18. The Kier molecular flexibility index (Phi) is 10.5. The van der Waals surface area contributed by atoms with Crippen LogP contribution in [0.3, 0.4) is 0 Å². The Morgan fingerprint density at radius 2 is 1.81 bits per heavy atom. The lowest BCUT2D eigenvalue weighted by Crippen LogP contribution is -2.33. The van der Waals surface area contributed by atoms with Crippen molar-refractivity contribution >= 4 is 0 Å². The van der Waals surface area contributed by atoms with Crippen molar-refractivity contribution in [3.05, 3.63) is 84.0 Å². The zero-order chi connectivity index (χ0) is 22.6. The van der Waals surface area contributed by atoms with Crippen molar-refractivity contribution in [1.82, 2.24) is 9.80 Å². The molecule has 2 fully saturated rings. The van der Waals surface area contributed by atoms with Gasteiger partial charge in [-0.15, -0.1) is 0 Å². The van der Waals surface area contributed by atoms with E-state index < -0.39 is 0 Å². The molecule has 2 heteroatoms. The summed E-state index contributed by atoms with van der Waals surface area (Å²) < 4.78 is 0. The largest absolute Gasteiger partial charge is 0.304 e. The van der Waals surface area contributed by atoms with Gasteiger partial charge >= 0.3 is 0 Å². The molecule has 0 radical (unpaired) electrons. The van der Waals surface area contributed by atoms with Gasteiger partial charge in [0, 0.05) is 13.1 Å². The lowest BCUT2D eigenvalue weighted by molar-refractivity contribution is 0.187. The number of likely N-dealkylation sites (tertiary alicyclic amines) is 2. The van der Waals surface area contributed by atoms with Crippen molar-refractivity contribution in [2.75, 3.05) is 32.7 Å². The molecule has 3 rings (SSSR count). The summed E-state index contributed by atoms with van der Waals surface area (Å²) in [6.07, 6.45) is 16.7. The quantitative estimate of drug-likeness (QED) is 0.382. The number of allylic oxidation sites excluding steroid dienone is 5. The molecule has 0 unspecified atom stereocenters. The Morgan fingerprint density at radius 1 is 1.03 bits per heavy atom. The minimum Gasteiger partial charge on any atom is -0.304 e. The summed E-state index contributed by atoms with van der Waals surface area (Å²) >= 11 is 0. The van der Waals surface area contributed by atoms with E-state index in [1.54, 1.807) is 5.57 Å². The molecule has 2 aliphatic heterocycles. The average Bonchev–Trinajstić information content (AvgIpc) is 2.81. The summed E-state index contributed by atoms with van der Waals surface area (Å²) in [6, 6.07) is 10.9. The maximum absolute atomic E-state index is 4.50. The van der Waals surface area contributed by atoms with E-state index in [2.05, 4.69) is 72.4 Å². The standard InChI is InChI=1S/C30H44N2/c1-4-12-30(26(3)16-17-27-18-21-31(5-2)22-19-27)23-29-15-10-7-11-20-32(25-29)24-28-13-8-6-9-14-28/h4,6,8-9,12-14,23,27H,1,3,5,7,10-11,15-22,24-25H2,2H3/b29-23+,30-12+. The predicted octanol–water partition coefficient (Wildman–Crippen LogP) is 7.17. The van der Waals surface area contributed by atoms with Gasteiger partial charge in [0.1, 0.15) is 0 Å². The summed E-state index contributed by atoms with van der Waals surface area (Å²) in [5.74, 6) is 0.856. The van der Waals surface area contributed by atoms with Crippen LogP contribution in [0.1, 0.15) is 63.9 Å². The van der Waals surface area contributed by atoms with Crippen molar-refractivity contribution in [2.24, 2.45) is 5.92 Å². The molecule has 0 amide bonds. The van der Waals surface area contributed by atoms with Gasteiger partial charge in [-0.25, -0.2) is 0 Å². The van der Waals surface area contributed by atoms with Crippen LogP contribution in [0, 0.1) is 5.92 Å². The van der Waals surface area contributed by atoms with E-state index in [-0.39, 0.29) is 0 Å². The van der Waals surface area contributed by atoms with Crippen LogP contribution < -0.4 is 0 Å². The molecule has 0 saturated carbocycles. The highest BCUT2D eigenvalue weighted by Crippen LogP contribution is 2.27. The summed E-state index contributed by atoms with van der Waals surface area (Å²) in [4.78, 5) is 5.20. The van der Waals surface area contributed by atoms with Gasteiger partial charge < -0.3 is 4.90 Å². The lowest BCUT2D eigenvalue weighted by atomic mass is 9.88. The summed E-state index contributed by atoms with van der Waals surface area (Å²) in [6.45, 7) is 17.8. The van der Waals surface area contributed by atoms with E-state index >= 15 is 0 Å². The summed E-state index contributed by atoms with van der Waals surface area (Å²) in [5, 5.41) is 0. The van der Waals surface area contributed by atoms with Gasteiger partial charge in [0.2, 0.25) is 0 Å². The van der Waals surface area contributed by atoms with Crippen molar-refractivity contribution in [2.45, 2.75) is 64.8 Å². The first-order valence-corrected chi connectivity index (χ1v) is 12.9. The van der Waals surface area contributed by atoms with Crippen LogP contribution >= 0.6 is 0 Å². The third-order valence-corrected chi connectivity index (χ3v) is 7.22. The fraction of sp³-hybridized carbons (Fsp3) is 0.533. The second-order valence-electron chi connectivity index (χ2n) is 9.69. The average molecular weight is 433 g/mol. The highest BCUT2D eigenvalue weighted by atomic mass is 15.1. The number of piperidine rings is 1. The molecule has 32 heavy (non-hydrogen) atoms. The van der Waals surface area contributed by atoms with Gasteiger partial charge in [-0.1, -0.05) is 80.6 Å². The van der Waals surface area contributed by atoms with E-state index in [9.17, 15) is 0 Å². The fourth-order valence-electron chi connectivity index (χ4n) is 5.13. The molecule has 1 aromatic carbocycles. The molecule has 174 valence electrons. The van der Waals surface area contributed by atoms with Gasteiger partial charge in [0.25, 0.3) is 0 Å². The molecule has 0 aliphatic carbocycles. The van der Waals surface area contributed by atoms with E-state index in [0.29, 0.717) is 0 Å². The molecule has 0 N–H and O–H groups in total. The molecule has 2 heterocycles. The third-order valence-electron chi connectivity index (χ3n) is 7.22. The van der Waals surface area contributed by atoms with E-state index in [4.69, 9.17) is 0 Å². The van der Waals surface area contributed by atoms with Crippen molar-refractivity contribution < 1.29 is 0 Å². The number of benzene rings is 1. The zero-order valence-corrected chi connectivity index (χ0v) is 20.4. The van der Waals surface area contributed by atoms with Gasteiger partial charge in [0.05, 0.1) is 0 Å². The maximum atomic E-state index is 4.50. The monoisotopic (exact) mass is 432 g/mol. The van der Waals surface area contributed by atoms with Crippen LogP contribution in [0.15, 0.2) is 78.4 Å². The van der Waals surface area contributed by atoms with Crippen LogP contribution in [-0.4, -0.2) is 42.5 Å². The molecule has 0 aromatic heterocycles. The van der Waals surface area contributed by atoms with Gasteiger partial charge in [-0.3, -0.25) is 4.90 Å². The minimum atomic E-state index is 0.856. The maximum Gasteiger partial charge on any atom is 0.0237 e. The smallest absolute Gasteiger partial charge is 0.0237 e. The minimum absolute atomic E-state index is 0.856. The fourth-order valence-corrected chi connectivity index (χ4v) is 5.13. The van der Waals surface area contributed by atoms with Crippen LogP contribution in [0.4, 0.5) is 0 Å². The van der Waals surface area contributed by atoms with Crippen LogP contribution in [0.5, 0.6) is 0 Å². The van der Waals surface area contributed by atoms with Gasteiger partial charge in [-0.05, 0) is 93.8 Å².